The molecule has 0 aromatic heterocycles. The Morgan fingerprint density at radius 1 is 0.886 bits per heavy atom. The van der Waals surface area contributed by atoms with Crippen LogP contribution in [0, 0.1) is 0 Å². The van der Waals surface area contributed by atoms with Crippen LogP contribution in [0.15, 0.2) is 48.5 Å². The lowest BCUT2D eigenvalue weighted by Gasteiger charge is -2.20. The number of hydrogen-bond acceptors (Lipinski definition) is 5. The van der Waals surface area contributed by atoms with Gasteiger partial charge in [-0.1, -0.05) is 18.9 Å². The summed E-state index contributed by atoms with van der Waals surface area (Å²) < 4.78 is 5.52. The van der Waals surface area contributed by atoms with Crippen LogP contribution in [0.1, 0.15) is 59.2 Å². The standard InChI is InChI=1S/C27H34N4O4/c32-25(30-22-12-10-20(11-13-22)26(33)29-18-24-9-6-16-35-24)19-28-23-8-5-7-21(17-23)27(34)31-14-3-1-2-4-15-31/h5,7-8,10-13,17,24,28H,1-4,6,9,14-16,18-19H2,(H,29,33)(H,30,32). The van der Waals surface area contributed by atoms with E-state index in [0.29, 0.717) is 23.4 Å². The van der Waals surface area contributed by atoms with Gasteiger partial charge in [-0.25, -0.2) is 0 Å². The summed E-state index contributed by atoms with van der Waals surface area (Å²) in [6, 6.07) is 14.1. The molecule has 2 aliphatic rings. The first-order chi connectivity index (χ1) is 17.1. The molecule has 35 heavy (non-hydrogen) atoms. The first-order valence-electron chi connectivity index (χ1n) is 12.5. The maximum atomic E-state index is 12.9. The number of carbonyl (C=O) groups is 3. The van der Waals surface area contributed by atoms with Crippen LogP contribution >= 0.6 is 0 Å². The van der Waals surface area contributed by atoms with Gasteiger partial charge in [0.2, 0.25) is 5.91 Å². The van der Waals surface area contributed by atoms with Crippen LogP contribution in [0.2, 0.25) is 0 Å². The van der Waals surface area contributed by atoms with Crippen molar-refractivity contribution in [3.8, 4) is 0 Å². The van der Waals surface area contributed by atoms with Crippen LogP contribution in [-0.2, 0) is 9.53 Å². The fourth-order valence-corrected chi connectivity index (χ4v) is 4.42. The van der Waals surface area contributed by atoms with E-state index in [1.807, 2.05) is 23.1 Å². The predicted octanol–water partition coefficient (Wildman–Crippen LogP) is 3.66. The van der Waals surface area contributed by atoms with E-state index in [0.717, 1.165) is 51.1 Å². The number of ether oxygens (including phenoxy) is 1. The van der Waals surface area contributed by atoms with Gasteiger partial charge in [-0.15, -0.1) is 0 Å². The molecule has 186 valence electrons. The van der Waals surface area contributed by atoms with Crippen LogP contribution in [-0.4, -0.2) is 61.5 Å². The highest BCUT2D eigenvalue weighted by atomic mass is 16.5. The molecule has 0 radical (unpaired) electrons. The van der Waals surface area contributed by atoms with Gasteiger partial charge in [0.15, 0.2) is 0 Å². The van der Waals surface area contributed by atoms with Crippen molar-refractivity contribution in [3.63, 3.8) is 0 Å². The van der Waals surface area contributed by atoms with Crippen molar-refractivity contribution in [1.29, 1.82) is 0 Å². The first kappa shape index (κ1) is 24.7. The molecule has 0 aliphatic carbocycles. The Morgan fingerprint density at radius 3 is 2.37 bits per heavy atom. The van der Waals surface area contributed by atoms with Gasteiger partial charge in [-0.3, -0.25) is 14.4 Å². The minimum absolute atomic E-state index is 0.0416. The maximum absolute atomic E-state index is 12.9. The van der Waals surface area contributed by atoms with E-state index >= 15 is 0 Å². The second-order valence-electron chi connectivity index (χ2n) is 9.11. The summed E-state index contributed by atoms with van der Waals surface area (Å²) >= 11 is 0. The number of hydrogen-bond donors (Lipinski definition) is 3. The average Bonchev–Trinajstić information content (AvgIpc) is 3.26. The fraction of sp³-hybridized carbons (Fsp3) is 0.444. The Morgan fingerprint density at radius 2 is 1.66 bits per heavy atom. The molecule has 1 unspecified atom stereocenters. The highest BCUT2D eigenvalue weighted by Gasteiger charge is 2.18. The summed E-state index contributed by atoms with van der Waals surface area (Å²) in [5.41, 5.74) is 2.49. The molecule has 4 rings (SSSR count). The third kappa shape index (κ3) is 7.29. The predicted molar refractivity (Wildman–Crippen MR) is 136 cm³/mol. The fourth-order valence-electron chi connectivity index (χ4n) is 4.42. The molecule has 0 bridgehead atoms. The van der Waals surface area contributed by atoms with Gasteiger partial charge in [0.25, 0.3) is 11.8 Å². The number of likely N-dealkylation sites (tertiary alicyclic amines) is 1. The molecular weight excluding hydrogens is 444 g/mol. The molecule has 2 aromatic rings. The quantitative estimate of drug-likeness (QED) is 0.538. The molecule has 2 fully saturated rings. The molecule has 0 saturated carbocycles. The Kier molecular flexibility index (Phi) is 8.73. The molecule has 2 aliphatic heterocycles. The zero-order chi connectivity index (χ0) is 24.5. The first-order valence-corrected chi connectivity index (χ1v) is 12.5. The van der Waals surface area contributed by atoms with Crippen molar-refractivity contribution < 1.29 is 19.1 Å². The van der Waals surface area contributed by atoms with Crippen molar-refractivity contribution in [3.05, 3.63) is 59.7 Å². The van der Waals surface area contributed by atoms with Gasteiger partial charge >= 0.3 is 0 Å². The number of nitrogens with zero attached hydrogens (tertiary/aromatic N) is 1. The van der Waals surface area contributed by atoms with E-state index in [2.05, 4.69) is 16.0 Å². The van der Waals surface area contributed by atoms with E-state index in [9.17, 15) is 14.4 Å². The SMILES string of the molecule is O=C(CNc1cccc(C(=O)N2CCCCCC2)c1)Nc1ccc(C(=O)NCC2CCCO2)cc1. The van der Waals surface area contributed by atoms with E-state index in [1.54, 1.807) is 30.3 Å². The Bertz CT molecular complexity index is 1010. The van der Waals surface area contributed by atoms with Crippen LogP contribution in [0.25, 0.3) is 0 Å². The molecule has 8 nitrogen and oxygen atoms in total. The van der Waals surface area contributed by atoms with Crippen molar-refractivity contribution in [2.24, 2.45) is 0 Å². The molecule has 2 saturated heterocycles. The second kappa shape index (κ2) is 12.4. The zero-order valence-electron chi connectivity index (χ0n) is 20.1. The normalized spacial score (nSPS) is 17.9. The minimum atomic E-state index is -0.218. The topological polar surface area (TPSA) is 99.8 Å². The second-order valence-corrected chi connectivity index (χ2v) is 9.11. The highest BCUT2D eigenvalue weighted by molar-refractivity contribution is 5.97. The van der Waals surface area contributed by atoms with Crippen LogP contribution < -0.4 is 16.0 Å². The Hall–Kier alpha value is -3.39. The van der Waals surface area contributed by atoms with Gasteiger partial charge in [-0.05, 0) is 68.1 Å². The lowest BCUT2D eigenvalue weighted by molar-refractivity contribution is -0.114. The lowest BCUT2D eigenvalue weighted by atomic mass is 10.1. The van der Waals surface area contributed by atoms with Gasteiger partial charge in [0.1, 0.15) is 0 Å². The summed E-state index contributed by atoms with van der Waals surface area (Å²) in [4.78, 5) is 39.5. The third-order valence-electron chi connectivity index (χ3n) is 6.40. The van der Waals surface area contributed by atoms with E-state index in [-0.39, 0.29) is 30.4 Å². The van der Waals surface area contributed by atoms with Crippen LogP contribution in [0.4, 0.5) is 11.4 Å². The molecule has 3 amide bonds. The molecule has 8 heteroatoms. The summed E-state index contributed by atoms with van der Waals surface area (Å²) in [5.74, 6) is -0.334. The third-order valence-corrected chi connectivity index (χ3v) is 6.40. The van der Waals surface area contributed by atoms with E-state index < -0.39 is 0 Å². The molecule has 1 atom stereocenters. The van der Waals surface area contributed by atoms with Crippen molar-refractivity contribution >= 4 is 29.1 Å². The average molecular weight is 479 g/mol. The number of benzene rings is 2. The molecule has 3 N–H and O–H groups in total. The zero-order valence-corrected chi connectivity index (χ0v) is 20.1. The van der Waals surface area contributed by atoms with Crippen LogP contribution in [0.5, 0.6) is 0 Å². The lowest BCUT2D eigenvalue weighted by Crippen LogP contribution is -2.31. The summed E-state index contributed by atoms with van der Waals surface area (Å²) in [5, 5.41) is 8.80. The van der Waals surface area contributed by atoms with Crippen LogP contribution in [0.3, 0.4) is 0 Å². The Balaban J connectivity index is 1.24. The van der Waals surface area contributed by atoms with Gasteiger partial charge in [0, 0.05) is 48.7 Å². The van der Waals surface area contributed by atoms with E-state index in [4.69, 9.17) is 4.74 Å². The maximum Gasteiger partial charge on any atom is 0.253 e. The van der Waals surface area contributed by atoms with Gasteiger partial charge in [-0.2, -0.15) is 0 Å². The number of anilines is 2. The van der Waals surface area contributed by atoms with Crippen molar-refractivity contribution in [2.45, 2.75) is 44.6 Å². The number of amides is 3. The molecule has 2 aromatic carbocycles. The summed E-state index contributed by atoms with van der Waals surface area (Å²) in [6.07, 6.45) is 6.54. The monoisotopic (exact) mass is 478 g/mol. The smallest absolute Gasteiger partial charge is 0.253 e. The summed E-state index contributed by atoms with van der Waals surface area (Å²) in [6.45, 7) is 2.92. The van der Waals surface area contributed by atoms with Crippen molar-refractivity contribution in [2.75, 3.05) is 43.4 Å². The number of rotatable bonds is 8. The number of carbonyl (C=O) groups excluding carboxylic acids is 3. The minimum Gasteiger partial charge on any atom is -0.376 e. The van der Waals surface area contributed by atoms with Gasteiger partial charge in [0.05, 0.1) is 12.6 Å². The largest absolute Gasteiger partial charge is 0.376 e. The van der Waals surface area contributed by atoms with Crippen molar-refractivity contribution in [1.82, 2.24) is 10.2 Å². The Labute approximate surface area is 206 Å². The molecular formula is C27H34N4O4. The van der Waals surface area contributed by atoms with Gasteiger partial charge < -0.3 is 25.6 Å². The highest BCUT2D eigenvalue weighted by Crippen LogP contribution is 2.17. The van der Waals surface area contributed by atoms with E-state index in [1.165, 1.54) is 12.8 Å². The summed E-state index contributed by atoms with van der Waals surface area (Å²) in [7, 11) is 0. The molecule has 2 heterocycles. The molecule has 0 spiro atoms. The number of nitrogens with one attached hydrogen (secondary N) is 3.